The van der Waals surface area contributed by atoms with Crippen LogP contribution in [-0.2, 0) is 6.54 Å². The number of anilines is 1. The number of pyridine rings is 1. The van der Waals surface area contributed by atoms with Crippen LogP contribution in [0.1, 0.15) is 21.6 Å². The molecule has 0 saturated carbocycles. The first kappa shape index (κ1) is 23.4. The van der Waals surface area contributed by atoms with Crippen LogP contribution in [0, 0.1) is 17.0 Å². The first-order valence-corrected chi connectivity index (χ1v) is 11.2. The van der Waals surface area contributed by atoms with E-state index in [0.717, 1.165) is 10.3 Å². The van der Waals surface area contributed by atoms with Crippen LogP contribution >= 0.6 is 22.9 Å². The number of rotatable bonds is 7. The Kier molecular flexibility index (Phi) is 6.62. The van der Waals surface area contributed by atoms with Gasteiger partial charge >= 0.3 is 0 Å². The van der Waals surface area contributed by atoms with Gasteiger partial charge in [0.05, 0.1) is 52.7 Å². The van der Waals surface area contributed by atoms with Gasteiger partial charge in [-0.25, -0.2) is 4.98 Å². The molecule has 0 bridgehead atoms. The molecule has 174 valence electrons. The van der Waals surface area contributed by atoms with Gasteiger partial charge in [-0.15, -0.1) is 0 Å². The normalized spacial score (nSPS) is 10.8. The predicted octanol–water partition coefficient (Wildman–Crippen LogP) is 5.43. The van der Waals surface area contributed by atoms with E-state index in [2.05, 4.69) is 9.97 Å². The van der Waals surface area contributed by atoms with Crippen LogP contribution in [-0.4, -0.2) is 35.0 Å². The zero-order chi connectivity index (χ0) is 24.4. The van der Waals surface area contributed by atoms with Gasteiger partial charge in [-0.3, -0.25) is 24.8 Å². The number of aryl methyl sites for hydroxylation is 1. The largest absolute Gasteiger partial charge is 0.493 e. The summed E-state index contributed by atoms with van der Waals surface area (Å²) in [5, 5.41) is 12.7. The van der Waals surface area contributed by atoms with Crippen molar-refractivity contribution >= 4 is 49.9 Å². The molecule has 34 heavy (non-hydrogen) atoms. The van der Waals surface area contributed by atoms with Crippen molar-refractivity contribution in [2.75, 3.05) is 19.1 Å². The van der Waals surface area contributed by atoms with E-state index in [1.807, 2.05) is 13.0 Å². The zero-order valence-corrected chi connectivity index (χ0v) is 20.0. The second kappa shape index (κ2) is 9.62. The average molecular weight is 499 g/mol. The van der Waals surface area contributed by atoms with Crippen molar-refractivity contribution in [1.29, 1.82) is 0 Å². The fourth-order valence-electron chi connectivity index (χ4n) is 3.42. The predicted molar refractivity (Wildman–Crippen MR) is 130 cm³/mol. The zero-order valence-electron chi connectivity index (χ0n) is 18.4. The summed E-state index contributed by atoms with van der Waals surface area (Å²) in [6.07, 6.45) is 1.61. The summed E-state index contributed by atoms with van der Waals surface area (Å²) >= 11 is 7.61. The number of benzene rings is 2. The van der Waals surface area contributed by atoms with E-state index in [1.54, 1.807) is 30.5 Å². The molecule has 0 atom stereocenters. The van der Waals surface area contributed by atoms with Gasteiger partial charge < -0.3 is 9.47 Å². The van der Waals surface area contributed by atoms with Crippen LogP contribution in [0.25, 0.3) is 10.2 Å². The van der Waals surface area contributed by atoms with Crippen molar-refractivity contribution < 1.29 is 19.2 Å². The molecule has 9 nitrogen and oxygen atoms in total. The Morgan fingerprint density at radius 3 is 2.53 bits per heavy atom. The molecule has 2 aromatic heterocycles. The fourth-order valence-corrected chi connectivity index (χ4v) is 4.74. The van der Waals surface area contributed by atoms with E-state index in [-0.39, 0.29) is 23.6 Å². The number of carbonyl (C=O) groups excluding carboxylic acids is 1. The molecule has 0 unspecified atom stereocenters. The van der Waals surface area contributed by atoms with Gasteiger partial charge in [-0.05, 0) is 30.7 Å². The number of methoxy groups -OCH3 is 2. The maximum absolute atomic E-state index is 13.8. The number of halogens is 1. The van der Waals surface area contributed by atoms with Gasteiger partial charge in [0, 0.05) is 12.3 Å². The molecular formula is C23H19ClN4O5S. The third-order valence-corrected chi connectivity index (χ3v) is 6.68. The minimum atomic E-state index is -0.633. The number of nitro benzene ring substituents is 1. The van der Waals surface area contributed by atoms with Crippen molar-refractivity contribution in [3.8, 4) is 11.5 Å². The van der Waals surface area contributed by atoms with Crippen molar-refractivity contribution in [3.05, 3.63) is 80.6 Å². The molecule has 2 aromatic carbocycles. The molecule has 0 N–H and O–H groups in total. The van der Waals surface area contributed by atoms with Crippen molar-refractivity contribution in [1.82, 2.24) is 9.97 Å². The third kappa shape index (κ3) is 4.37. The highest BCUT2D eigenvalue weighted by Gasteiger charge is 2.31. The lowest BCUT2D eigenvalue weighted by Crippen LogP contribution is -2.31. The molecule has 0 radical (unpaired) electrons. The van der Waals surface area contributed by atoms with Gasteiger partial charge in [0.15, 0.2) is 16.6 Å². The van der Waals surface area contributed by atoms with Crippen LogP contribution in [0.4, 0.5) is 10.8 Å². The minimum absolute atomic E-state index is 0.0433. The molecule has 2 heterocycles. The van der Waals surface area contributed by atoms with E-state index >= 15 is 0 Å². The Morgan fingerprint density at radius 1 is 1.18 bits per heavy atom. The van der Waals surface area contributed by atoms with E-state index in [4.69, 9.17) is 21.1 Å². The topological polar surface area (TPSA) is 108 Å². The van der Waals surface area contributed by atoms with Gasteiger partial charge in [-0.1, -0.05) is 35.1 Å². The van der Waals surface area contributed by atoms with Crippen molar-refractivity contribution in [2.24, 2.45) is 0 Å². The lowest BCUT2D eigenvalue weighted by atomic mass is 10.1. The Bertz CT molecular complexity index is 1350. The number of carbonyl (C=O) groups is 1. The maximum atomic E-state index is 13.8. The average Bonchev–Trinajstić information content (AvgIpc) is 3.30. The van der Waals surface area contributed by atoms with Crippen LogP contribution in [0.3, 0.4) is 0 Å². The van der Waals surface area contributed by atoms with Gasteiger partial charge in [-0.2, -0.15) is 0 Å². The second-order valence-electron chi connectivity index (χ2n) is 7.23. The number of fused-ring (bicyclic) bond motifs is 1. The van der Waals surface area contributed by atoms with Crippen LogP contribution in [0.5, 0.6) is 11.5 Å². The van der Waals surface area contributed by atoms with E-state index in [9.17, 15) is 14.9 Å². The number of thiazole rings is 1. The molecule has 0 spiro atoms. The number of nitrogens with zero attached hydrogens (tertiary/aromatic N) is 4. The first-order valence-electron chi connectivity index (χ1n) is 10.0. The number of hydrogen-bond acceptors (Lipinski definition) is 8. The number of hydrogen-bond donors (Lipinski definition) is 0. The quantitative estimate of drug-likeness (QED) is 0.247. The van der Waals surface area contributed by atoms with E-state index < -0.39 is 16.5 Å². The number of ether oxygens (including phenoxy) is 2. The second-order valence-corrected chi connectivity index (χ2v) is 8.62. The molecule has 0 aliphatic rings. The van der Waals surface area contributed by atoms with E-state index in [0.29, 0.717) is 21.4 Å². The summed E-state index contributed by atoms with van der Waals surface area (Å²) in [4.78, 5) is 35.3. The molecule has 0 aliphatic heterocycles. The lowest BCUT2D eigenvalue weighted by Gasteiger charge is -2.20. The fraction of sp³-hybridized carbons (Fsp3) is 0.174. The molecule has 0 aliphatic carbocycles. The smallest absolute Gasteiger partial charge is 0.286 e. The third-order valence-electron chi connectivity index (χ3n) is 5.14. The molecule has 1 amide bonds. The van der Waals surface area contributed by atoms with Crippen LogP contribution < -0.4 is 14.4 Å². The number of nitro groups is 1. The highest BCUT2D eigenvalue weighted by atomic mass is 35.5. The first-order chi connectivity index (χ1) is 16.3. The van der Waals surface area contributed by atoms with Crippen molar-refractivity contribution in [3.63, 3.8) is 0 Å². The number of amides is 1. The standard InChI is InChI=1S/C23H19ClN4O5S/c1-13-7-8-16(24)21-20(13)26-23(34-21)27(12-14-6-4-5-9-25-14)22(29)15-10-18(32-2)19(33-3)11-17(15)28(30)31/h4-11H,12H2,1-3H3. The van der Waals surface area contributed by atoms with Crippen LogP contribution in [0.2, 0.25) is 5.02 Å². The van der Waals surface area contributed by atoms with Gasteiger partial charge in [0.25, 0.3) is 11.6 Å². The maximum Gasteiger partial charge on any atom is 0.286 e. The minimum Gasteiger partial charge on any atom is -0.493 e. The monoisotopic (exact) mass is 498 g/mol. The van der Waals surface area contributed by atoms with Crippen LogP contribution in [0.15, 0.2) is 48.7 Å². The summed E-state index contributed by atoms with van der Waals surface area (Å²) in [6.45, 7) is 1.94. The summed E-state index contributed by atoms with van der Waals surface area (Å²) in [7, 11) is 2.76. The van der Waals surface area contributed by atoms with Gasteiger partial charge in [0.1, 0.15) is 5.56 Å². The Balaban J connectivity index is 1.90. The number of aromatic nitrogens is 2. The Labute approximate surface area is 203 Å². The molecule has 11 heteroatoms. The summed E-state index contributed by atoms with van der Waals surface area (Å²) in [5.41, 5.74) is 1.56. The highest BCUT2D eigenvalue weighted by Crippen LogP contribution is 2.39. The summed E-state index contributed by atoms with van der Waals surface area (Å²) in [5.74, 6) is -0.298. The molecule has 4 aromatic rings. The van der Waals surface area contributed by atoms with E-state index in [1.165, 1.54) is 42.6 Å². The molecule has 0 fully saturated rings. The van der Waals surface area contributed by atoms with Crippen molar-refractivity contribution in [2.45, 2.75) is 13.5 Å². The summed E-state index contributed by atoms with van der Waals surface area (Å²) in [6, 6.07) is 11.4. The molecular weight excluding hydrogens is 480 g/mol. The lowest BCUT2D eigenvalue weighted by molar-refractivity contribution is -0.385. The Hall–Kier alpha value is -3.76. The Morgan fingerprint density at radius 2 is 1.91 bits per heavy atom. The molecule has 0 saturated heterocycles. The highest BCUT2D eigenvalue weighted by molar-refractivity contribution is 7.23. The van der Waals surface area contributed by atoms with Gasteiger partial charge in [0.2, 0.25) is 0 Å². The SMILES string of the molecule is COc1cc(C(=O)N(Cc2ccccn2)c2nc3c(C)ccc(Cl)c3s2)c([N+](=O)[O-])cc1OC. The molecule has 4 rings (SSSR count). The summed E-state index contributed by atoms with van der Waals surface area (Å²) < 4.78 is 11.2.